The summed E-state index contributed by atoms with van der Waals surface area (Å²) in [5.41, 5.74) is 2.95. The maximum Gasteiger partial charge on any atom is 0.115 e. The van der Waals surface area contributed by atoms with Gasteiger partial charge in [0.15, 0.2) is 0 Å². The molecule has 16 heavy (non-hydrogen) atoms. The van der Waals surface area contributed by atoms with E-state index >= 15 is 0 Å². The van der Waals surface area contributed by atoms with Crippen LogP contribution in [-0.2, 0) is 6.42 Å². The minimum Gasteiger partial charge on any atom is -0.508 e. The monoisotopic (exact) mass is 234 g/mol. The van der Waals surface area contributed by atoms with Gasteiger partial charge in [-0.25, -0.2) is 0 Å². The highest BCUT2D eigenvalue weighted by molar-refractivity contribution is 7.09. The Hall–Kier alpha value is -1.39. The van der Waals surface area contributed by atoms with Gasteiger partial charge in [0.25, 0.3) is 0 Å². The minimum absolute atomic E-state index is 0.259. The van der Waals surface area contributed by atoms with E-state index in [9.17, 15) is 5.11 Å². The number of phenolic OH excluding ortho intramolecular Hbond substituents is 1. The van der Waals surface area contributed by atoms with Gasteiger partial charge in [-0.3, -0.25) is 4.98 Å². The van der Waals surface area contributed by atoms with Crippen molar-refractivity contribution in [2.24, 2.45) is 0 Å². The van der Waals surface area contributed by atoms with Crippen molar-refractivity contribution in [1.29, 1.82) is 0 Å². The van der Waals surface area contributed by atoms with E-state index < -0.39 is 0 Å². The number of hydrogen-bond acceptors (Lipinski definition) is 4. The average molecular weight is 234 g/mol. The first-order chi connectivity index (χ1) is 7.79. The summed E-state index contributed by atoms with van der Waals surface area (Å²) in [6.45, 7) is 0. The van der Waals surface area contributed by atoms with Crippen LogP contribution in [0.25, 0.3) is 0 Å². The van der Waals surface area contributed by atoms with Crippen molar-refractivity contribution in [2.75, 3.05) is 7.05 Å². The van der Waals surface area contributed by atoms with Gasteiger partial charge in [0, 0.05) is 17.1 Å². The minimum atomic E-state index is 0.259. The molecule has 1 aromatic heterocycles. The van der Waals surface area contributed by atoms with Crippen molar-refractivity contribution >= 4 is 11.3 Å². The van der Waals surface area contributed by atoms with E-state index in [1.807, 2.05) is 30.9 Å². The highest BCUT2D eigenvalue weighted by atomic mass is 32.1. The number of aromatic nitrogens is 1. The van der Waals surface area contributed by atoms with Crippen molar-refractivity contribution < 1.29 is 5.11 Å². The van der Waals surface area contributed by atoms with E-state index in [0.29, 0.717) is 5.75 Å². The summed E-state index contributed by atoms with van der Waals surface area (Å²) in [6, 6.07) is 7.62. The van der Waals surface area contributed by atoms with Gasteiger partial charge in [-0.05, 0) is 31.2 Å². The Kier molecular flexibility index (Phi) is 3.54. The fraction of sp³-hybridized carbons (Fsp3) is 0.250. The quantitative estimate of drug-likeness (QED) is 0.853. The third-order valence-electron chi connectivity index (χ3n) is 2.49. The standard InChI is InChI=1S/C12H14N2OS/c1-13-11(12-7-14-8-16-12)6-9-3-2-4-10(15)5-9/h2-5,7-8,11,13,15H,6H2,1H3. The zero-order valence-electron chi connectivity index (χ0n) is 9.05. The van der Waals surface area contributed by atoms with Crippen LogP contribution in [0.1, 0.15) is 16.5 Å². The molecule has 0 fully saturated rings. The third-order valence-corrected chi connectivity index (χ3v) is 3.38. The van der Waals surface area contributed by atoms with Crippen LogP contribution >= 0.6 is 11.3 Å². The Morgan fingerprint density at radius 2 is 2.38 bits per heavy atom. The largest absolute Gasteiger partial charge is 0.508 e. The fourth-order valence-corrected chi connectivity index (χ4v) is 2.39. The van der Waals surface area contributed by atoms with Gasteiger partial charge < -0.3 is 10.4 Å². The molecule has 2 N–H and O–H groups in total. The molecule has 1 aromatic carbocycles. The molecule has 1 atom stereocenters. The first-order valence-corrected chi connectivity index (χ1v) is 6.01. The first kappa shape index (κ1) is 11.1. The first-order valence-electron chi connectivity index (χ1n) is 5.13. The molecule has 1 unspecified atom stereocenters. The molecule has 0 radical (unpaired) electrons. The Bertz CT molecular complexity index is 442. The SMILES string of the molecule is CNC(Cc1cccc(O)c1)c1cncs1. The number of aromatic hydroxyl groups is 1. The molecule has 4 heteroatoms. The molecule has 2 rings (SSSR count). The molecule has 0 aliphatic heterocycles. The molecular formula is C12H14N2OS. The van der Waals surface area contributed by atoms with Crippen LogP contribution < -0.4 is 5.32 Å². The molecule has 3 nitrogen and oxygen atoms in total. The number of phenols is 1. The lowest BCUT2D eigenvalue weighted by Crippen LogP contribution is -2.17. The summed E-state index contributed by atoms with van der Waals surface area (Å²) in [6.07, 6.45) is 2.74. The third kappa shape index (κ3) is 2.59. The Morgan fingerprint density at radius 1 is 1.50 bits per heavy atom. The molecule has 84 valence electrons. The smallest absolute Gasteiger partial charge is 0.115 e. The molecule has 0 aliphatic carbocycles. The lowest BCUT2D eigenvalue weighted by Gasteiger charge is -2.14. The van der Waals surface area contributed by atoms with Gasteiger partial charge in [-0.1, -0.05) is 12.1 Å². The van der Waals surface area contributed by atoms with Crippen LogP contribution in [0.2, 0.25) is 0 Å². The molecule has 0 bridgehead atoms. The van der Waals surface area contributed by atoms with Gasteiger partial charge in [0.1, 0.15) is 5.75 Å². The maximum atomic E-state index is 9.40. The second kappa shape index (κ2) is 5.09. The highest BCUT2D eigenvalue weighted by Crippen LogP contribution is 2.22. The van der Waals surface area contributed by atoms with E-state index in [4.69, 9.17) is 0 Å². The Morgan fingerprint density at radius 3 is 3.00 bits per heavy atom. The van der Waals surface area contributed by atoms with Gasteiger partial charge in [0.05, 0.1) is 5.51 Å². The second-order valence-electron chi connectivity index (χ2n) is 3.62. The normalized spacial score (nSPS) is 12.6. The summed E-state index contributed by atoms with van der Waals surface area (Å²) in [5.74, 6) is 0.316. The maximum absolute atomic E-state index is 9.40. The van der Waals surface area contributed by atoms with Crippen molar-refractivity contribution in [3.05, 3.63) is 46.4 Å². The second-order valence-corrected chi connectivity index (χ2v) is 4.54. The fourth-order valence-electron chi connectivity index (χ4n) is 1.66. The van der Waals surface area contributed by atoms with Crippen LogP contribution in [0.15, 0.2) is 36.0 Å². The number of thiazole rings is 1. The molecule has 0 spiro atoms. The number of likely N-dealkylation sites (N-methyl/N-ethyl adjacent to an activating group) is 1. The van der Waals surface area contributed by atoms with Gasteiger partial charge >= 0.3 is 0 Å². The van der Waals surface area contributed by atoms with Crippen molar-refractivity contribution in [3.8, 4) is 5.75 Å². The zero-order valence-corrected chi connectivity index (χ0v) is 9.87. The van der Waals surface area contributed by atoms with Gasteiger partial charge in [0.2, 0.25) is 0 Å². The lowest BCUT2D eigenvalue weighted by molar-refractivity contribution is 0.473. The summed E-state index contributed by atoms with van der Waals surface area (Å²) < 4.78 is 0. The lowest BCUT2D eigenvalue weighted by atomic mass is 10.1. The molecule has 0 aliphatic rings. The van der Waals surface area contributed by atoms with Gasteiger partial charge in [-0.15, -0.1) is 11.3 Å². The molecule has 0 saturated heterocycles. The summed E-state index contributed by atoms with van der Waals surface area (Å²) in [5, 5.41) is 12.7. The Labute approximate surface area is 98.8 Å². The average Bonchev–Trinajstić information content (AvgIpc) is 2.79. The van der Waals surface area contributed by atoms with E-state index in [1.54, 1.807) is 23.5 Å². The van der Waals surface area contributed by atoms with Crippen LogP contribution in [0, 0.1) is 0 Å². The van der Waals surface area contributed by atoms with E-state index in [0.717, 1.165) is 12.0 Å². The van der Waals surface area contributed by atoms with Crippen molar-refractivity contribution in [2.45, 2.75) is 12.5 Å². The van der Waals surface area contributed by atoms with Crippen LogP contribution in [0.3, 0.4) is 0 Å². The van der Waals surface area contributed by atoms with Crippen LogP contribution in [0.4, 0.5) is 0 Å². The van der Waals surface area contributed by atoms with Crippen molar-refractivity contribution in [3.63, 3.8) is 0 Å². The molecular weight excluding hydrogens is 220 g/mol. The number of hydrogen-bond donors (Lipinski definition) is 2. The highest BCUT2D eigenvalue weighted by Gasteiger charge is 2.11. The topological polar surface area (TPSA) is 45.1 Å². The summed E-state index contributed by atoms with van der Waals surface area (Å²) in [4.78, 5) is 5.29. The van der Waals surface area contributed by atoms with Crippen LogP contribution in [-0.4, -0.2) is 17.1 Å². The molecule has 1 heterocycles. The number of nitrogens with one attached hydrogen (secondary N) is 1. The predicted molar refractivity (Wildman–Crippen MR) is 65.7 cm³/mol. The van der Waals surface area contributed by atoms with E-state index in [1.165, 1.54) is 4.88 Å². The van der Waals surface area contributed by atoms with Crippen molar-refractivity contribution in [1.82, 2.24) is 10.3 Å². The molecule has 0 amide bonds. The molecule has 0 saturated carbocycles. The number of rotatable bonds is 4. The zero-order chi connectivity index (χ0) is 11.4. The summed E-state index contributed by atoms with van der Waals surface area (Å²) >= 11 is 1.64. The van der Waals surface area contributed by atoms with Gasteiger partial charge in [-0.2, -0.15) is 0 Å². The Balaban J connectivity index is 2.13. The number of nitrogens with zero attached hydrogens (tertiary/aromatic N) is 1. The predicted octanol–water partition coefficient (Wildman–Crippen LogP) is 2.35. The summed E-state index contributed by atoms with van der Waals surface area (Å²) in [7, 11) is 1.94. The molecule has 2 aromatic rings. The number of benzene rings is 1. The van der Waals surface area contributed by atoms with E-state index in [-0.39, 0.29) is 6.04 Å². The van der Waals surface area contributed by atoms with E-state index in [2.05, 4.69) is 10.3 Å². The van der Waals surface area contributed by atoms with Crippen LogP contribution in [0.5, 0.6) is 5.75 Å².